The van der Waals surface area contributed by atoms with Crippen molar-refractivity contribution in [1.82, 2.24) is 9.97 Å². The minimum atomic E-state index is -5.18. The molecule has 0 aliphatic heterocycles. The van der Waals surface area contributed by atoms with Crippen molar-refractivity contribution in [2.24, 2.45) is 0 Å². The molecule has 1 aromatic heterocycles. The maximum Gasteiger partial charge on any atom is 0.417 e. The first kappa shape index (κ1) is 16.3. The van der Waals surface area contributed by atoms with Crippen molar-refractivity contribution in [2.45, 2.75) is 12.4 Å². The Morgan fingerprint density at radius 1 is 0.875 bits per heavy atom. The lowest BCUT2D eigenvalue weighted by molar-refractivity contribution is -0.143. The van der Waals surface area contributed by atoms with Gasteiger partial charge in [-0.2, -0.15) is 26.3 Å². The molecule has 0 aliphatic rings. The second kappa shape index (κ2) is 5.22. The smallest absolute Gasteiger partial charge is 0.338 e. The molecule has 0 spiro atoms. The van der Waals surface area contributed by atoms with Gasteiger partial charge in [0.1, 0.15) is 11.6 Å². The van der Waals surface area contributed by atoms with Gasteiger partial charge < -0.3 is 4.98 Å². The number of hydrogen-bond donors (Lipinski definition) is 1. The number of imidazole rings is 1. The third-order valence-corrected chi connectivity index (χ3v) is 3.35. The highest BCUT2D eigenvalue weighted by atomic mass is 19.4. The number of fused-ring (bicyclic) bond motifs is 1. The normalized spacial score (nSPS) is 12.8. The minimum absolute atomic E-state index is 0.0256. The Kier molecular flexibility index (Phi) is 3.54. The molecule has 0 bridgehead atoms. The monoisotopic (exact) mass is 348 g/mol. The second-order valence-corrected chi connectivity index (χ2v) is 4.98. The molecule has 0 radical (unpaired) electrons. The van der Waals surface area contributed by atoms with Gasteiger partial charge in [0.15, 0.2) is 0 Å². The van der Waals surface area contributed by atoms with E-state index in [0.717, 1.165) is 0 Å². The summed E-state index contributed by atoms with van der Waals surface area (Å²) in [6.07, 6.45) is -10.3. The Morgan fingerprint density at radius 2 is 1.54 bits per heavy atom. The first-order chi connectivity index (χ1) is 11.1. The summed E-state index contributed by atoms with van der Waals surface area (Å²) in [6, 6.07) is 6.04. The van der Waals surface area contributed by atoms with Crippen LogP contribution in [0.1, 0.15) is 11.1 Å². The zero-order valence-corrected chi connectivity index (χ0v) is 11.6. The van der Waals surface area contributed by atoms with E-state index in [9.17, 15) is 30.7 Å². The average Bonchev–Trinajstić information content (AvgIpc) is 2.87. The molecule has 0 unspecified atom stereocenters. The van der Waals surface area contributed by atoms with E-state index in [4.69, 9.17) is 0 Å². The van der Waals surface area contributed by atoms with Crippen LogP contribution >= 0.6 is 0 Å². The summed E-state index contributed by atoms with van der Waals surface area (Å²) in [5, 5.41) is 0. The molecule has 0 atom stereocenters. The molecule has 0 fully saturated rings. The largest absolute Gasteiger partial charge is 0.417 e. The Labute approximate surface area is 129 Å². The van der Waals surface area contributed by atoms with Crippen LogP contribution in [0.15, 0.2) is 36.4 Å². The maximum atomic E-state index is 14.1. The van der Waals surface area contributed by atoms with Gasteiger partial charge in [-0.25, -0.2) is 9.37 Å². The third-order valence-electron chi connectivity index (χ3n) is 3.35. The third kappa shape index (κ3) is 2.81. The van der Waals surface area contributed by atoms with Gasteiger partial charge in [-0.15, -0.1) is 0 Å². The van der Waals surface area contributed by atoms with Gasteiger partial charge in [-0.05, 0) is 24.3 Å². The summed E-state index contributed by atoms with van der Waals surface area (Å²) >= 11 is 0. The van der Waals surface area contributed by atoms with E-state index in [0.29, 0.717) is 5.52 Å². The van der Waals surface area contributed by atoms with E-state index in [2.05, 4.69) is 9.97 Å². The molecule has 0 amide bonds. The number of halogens is 7. The van der Waals surface area contributed by atoms with E-state index in [1.165, 1.54) is 12.1 Å². The lowest BCUT2D eigenvalue weighted by atomic mass is 10.0. The van der Waals surface area contributed by atoms with E-state index in [1.807, 2.05) is 0 Å². The summed E-state index contributed by atoms with van der Waals surface area (Å²) in [5.74, 6) is -2.15. The molecule has 2 nitrogen and oxygen atoms in total. The minimum Gasteiger partial charge on any atom is -0.338 e. The molecule has 24 heavy (non-hydrogen) atoms. The van der Waals surface area contributed by atoms with Crippen LogP contribution in [-0.2, 0) is 12.4 Å². The molecule has 1 heterocycles. The summed E-state index contributed by atoms with van der Waals surface area (Å²) in [4.78, 5) is 6.32. The van der Waals surface area contributed by atoms with E-state index >= 15 is 0 Å². The number of benzene rings is 2. The van der Waals surface area contributed by atoms with Gasteiger partial charge in [-0.1, -0.05) is 12.1 Å². The van der Waals surface area contributed by atoms with Crippen molar-refractivity contribution in [3.8, 4) is 11.4 Å². The number of para-hydroxylation sites is 2. The van der Waals surface area contributed by atoms with Gasteiger partial charge in [0.2, 0.25) is 0 Å². The molecule has 0 saturated carbocycles. The van der Waals surface area contributed by atoms with Crippen molar-refractivity contribution in [1.29, 1.82) is 0 Å². The Bertz CT molecular complexity index is 873. The predicted molar refractivity (Wildman–Crippen MR) is 71.5 cm³/mol. The van der Waals surface area contributed by atoms with Crippen LogP contribution in [-0.4, -0.2) is 9.97 Å². The van der Waals surface area contributed by atoms with Gasteiger partial charge in [0, 0.05) is 0 Å². The highest BCUT2D eigenvalue weighted by molar-refractivity contribution is 5.80. The van der Waals surface area contributed by atoms with Crippen molar-refractivity contribution in [3.05, 3.63) is 53.3 Å². The molecule has 1 N–H and O–H groups in total. The topological polar surface area (TPSA) is 28.7 Å². The molecule has 3 rings (SSSR count). The number of nitrogens with one attached hydrogen (secondary N) is 1. The van der Waals surface area contributed by atoms with E-state index < -0.39 is 40.7 Å². The van der Waals surface area contributed by atoms with Gasteiger partial charge in [-0.3, -0.25) is 0 Å². The van der Waals surface area contributed by atoms with Crippen LogP contribution in [0, 0.1) is 5.82 Å². The number of alkyl halides is 6. The second-order valence-electron chi connectivity index (χ2n) is 4.98. The van der Waals surface area contributed by atoms with Crippen LogP contribution in [0.25, 0.3) is 22.4 Å². The molecule has 9 heteroatoms. The van der Waals surface area contributed by atoms with Gasteiger partial charge in [0.25, 0.3) is 0 Å². The fourth-order valence-corrected chi connectivity index (χ4v) is 2.31. The molecule has 2 aromatic carbocycles. The number of nitrogens with zero attached hydrogens (tertiary/aromatic N) is 1. The lowest BCUT2D eigenvalue weighted by Gasteiger charge is -2.15. The first-order valence-corrected chi connectivity index (χ1v) is 6.50. The number of aromatic amines is 1. The fourth-order valence-electron chi connectivity index (χ4n) is 2.31. The highest BCUT2D eigenvalue weighted by Crippen LogP contribution is 2.42. The summed E-state index contributed by atoms with van der Waals surface area (Å²) in [6.45, 7) is 0. The summed E-state index contributed by atoms with van der Waals surface area (Å²) < 4.78 is 91.7. The molecular formula is C15H7F7N2. The Balaban J connectivity index is 2.30. The zero-order valence-electron chi connectivity index (χ0n) is 11.6. The average molecular weight is 348 g/mol. The van der Waals surface area contributed by atoms with Crippen molar-refractivity contribution < 1.29 is 30.7 Å². The highest BCUT2D eigenvalue weighted by Gasteiger charge is 2.40. The number of aromatic nitrogens is 2. The Hall–Kier alpha value is -2.58. The molecule has 3 aromatic rings. The Morgan fingerprint density at radius 3 is 2.12 bits per heavy atom. The lowest BCUT2D eigenvalue weighted by Crippen LogP contribution is -2.14. The molecule has 0 aliphatic carbocycles. The van der Waals surface area contributed by atoms with Crippen LogP contribution < -0.4 is 0 Å². The van der Waals surface area contributed by atoms with E-state index in [-0.39, 0.29) is 17.6 Å². The number of hydrogen-bond acceptors (Lipinski definition) is 1. The molecule has 126 valence electrons. The van der Waals surface area contributed by atoms with E-state index in [1.54, 1.807) is 12.1 Å². The van der Waals surface area contributed by atoms with Crippen LogP contribution in [0.2, 0.25) is 0 Å². The standard InChI is InChI=1S/C15H7F7N2/c16-9-6-7(14(17,18)19)5-8(15(20,21)22)12(9)13-23-10-3-1-2-4-11(10)24-13/h1-6H,(H,23,24). The summed E-state index contributed by atoms with van der Waals surface area (Å²) in [7, 11) is 0. The predicted octanol–water partition coefficient (Wildman–Crippen LogP) is 5.41. The summed E-state index contributed by atoms with van der Waals surface area (Å²) in [5.41, 5.74) is -3.91. The number of H-pyrrole nitrogens is 1. The van der Waals surface area contributed by atoms with Crippen molar-refractivity contribution in [3.63, 3.8) is 0 Å². The number of rotatable bonds is 1. The van der Waals surface area contributed by atoms with Crippen molar-refractivity contribution in [2.75, 3.05) is 0 Å². The quantitative estimate of drug-likeness (QED) is 0.586. The van der Waals surface area contributed by atoms with Crippen LogP contribution in [0.4, 0.5) is 30.7 Å². The van der Waals surface area contributed by atoms with Gasteiger partial charge >= 0.3 is 12.4 Å². The maximum absolute atomic E-state index is 14.1. The molecule has 0 saturated heterocycles. The fraction of sp³-hybridized carbons (Fsp3) is 0.133. The zero-order chi connectivity index (χ0) is 17.7. The SMILES string of the molecule is Fc1cc(C(F)(F)F)cc(C(F)(F)F)c1-c1nc2ccccc2[nH]1. The van der Waals surface area contributed by atoms with Crippen molar-refractivity contribution >= 4 is 11.0 Å². The van der Waals surface area contributed by atoms with Crippen LogP contribution in [0.3, 0.4) is 0 Å². The first-order valence-electron chi connectivity index (χ1n) is 6.50. The molecular weight excluding hydrogens is 341 g/mol. The van der Waals surface area contributed by atoms with Crippen LogP contribution in [0.5, 0.6) is 0 Å². The van der Waals surface area contributed by atoms with Gasteiger partial charge in [0.05, 0.1) is 27.7 Å².